The average Bonchev–Trinajstić information content (AvgIpc) is 3.32. The number of thiophene rings is 1. The third-order valence-corrected chi connectivity index (χ3v) is 6.08. The monoisotopic (exact) mass is 384 g/mol. The number of carbonyl (C=O) groups is 1. The number of aromatic nitrogens is 1. The highest BCUT2D eigenvalue weighted by Gasteiger charge is 2.21. The second kappa shape index (κ2) is 8.10. The molecule has 1 aliphatic heterocycles. The number of anilines is 1. The molecule has 0 bridgehead atoms. The Kier molecular flexibility index (Phi) is 5.40. The number of hydrogen-bond acceptors (Lipinski definition) is 6. The highest BCUT2D eigenvalue weighted by molar-refractivity contribution is 7.12. The number of carbonyl (C=O) groups excluding carboxylic acids is 1. The zero-order valence-corrected chi connectivity index (χ0v) is 16.3. The van der Waals surface area contributed by atoms with E-state index in [0.29, 0.717) is 6.54 Å². The number of fused-ring (bicyclic) bond motifs is 1. The van der Waals surface area contributed by atoms with Crippen molar-refractivity contribution in [2.24, 2.45) is 0 Å². The zero-order valence-electron chi connectivity index (χ0n) is 15.5. The SMILES string of the molecule is CC(=O)NCc1ccc(CCN2CCN(c3noc4ccccc34)CC2)s1. The van der Waals surface area contributed by atoms with Crippen molar-refractivity contribution in [1.82, 2.24) is 15.4 Å². The van der Waals surface area contributed by atoms with Gasteiger partial charge in [-0.25, -0.2) is 0 Å². The fourth-order valence-corrected chi connectivity index (χ4v) is 4.36. The lowest BCUT2D eigenvalue weighted by atomic mass is 10.2. The molecule has 3 heterocycles. The van der Waals surface area contributed by atoms with Crippen molar-refractivity contribution in [3.8, 4) is 0 Å². The molecule has 1 fully saturated rings. The Morgan fingerprint density at radius 3 is 2.74 bits per heavy atom. The summed E-state index contributed by atoms with van der Waals surface area (Å²) in [6, 6.07) is 12.3. The van der Waals surface area contributed by atoms with E-state index in [4.69, 9.17) is 4.52 Å². The summed E-state index contributed by atoms with van der Waals surface area (Å²) in [5.41, 5.74) is 0.850. The number of para-hydroxylation sites is 1. The summed E-state index contributed by atoms with van der Waals surface area (Å²) >= 11 is 1.79. The van der Waals surface area contributed by atoms with Crippen LogP contribution in [0.2, 0.25) is 0 Å². The fraction of sp³-hybridized carbons (Fsp3) is 0.400. The van der Waals surface area contributed by atoms with Crippen LogP contribution in [0.1, 0.15) is 16.7 Å². The predicted octanol–water partition coefficient (Wildman–Crippen LogP) is 2.89. The van der Waals surface area contributed by atoms with Crippen molar-refractivity contribution in [2.45, 2.75) is 19.9 Å². The van der Waals surface area contributed by atoms with Crippen molar-refractivity contribution < 1.29 is 9.32 Å². The fourth-order valence-electron chi connectivity index (χ4n) is 3.42. The highest BCUT2D eigenvalue weighted by atomic mass is 32.1. The van der Waals surface area contributed by atoms with Crippen LogP contribution in [-0.2, 0) is 17.8 Å². The Morgan fingerprint density at radius 2 is 1.93 bits per heavy atom. The van der Waals surface area contributed by atoms with Gasteiger partial charge in [-0.1, -0.05) is 17.3 Å². The summed E-state index contributed by atoms with van der Waals surface area (Å²) in [5.74, 6) is 0.980. The number of nitrogens with one attached hydrogen (secondary N) is 1. The maximum atomic E-state index is 11.0. The molecular formula is C20H24N4O2S. The van der Waals surface area contributed by atoms with Crippen LogP contribution in [0, 0.1) is 0 Å². The molecule has 0 unspecified atom stereocenters. The molecule has 4 rings (SSSR count). The third kappa shape index (κ3) is 4.31. The van der Waals surface area contributed by atoms with E-state index in [1.165, 1.54) is 9.75 Å². The first kappa shape index (κ1) is 18.0. The second-order valence-corrected chi connectivity index (χ2v) is 8.11. The van der Waals surface area contributed by atoms with E-state index in [-0.39, 0.29) is 5.91 Å². The molecule has 2 aromatic heterocycles. The number of rotatable bonds is 6. The lowest BCUT2D eigenvalue weighted by Gasteiger charge is -2.34. The Bertz CT molecular complexity index is 911. The largest absolute Gasteiger partial charge is 0.354 e. The molecule has 0 saturated carbocycles. The summed E-state index contributed by atoms with van der Waals surface area (Å²) in [4.78, 5) is 18.4. The molecule has 3 aromatic rings. The van der Waals surface area contributed by atoms with E-state index < -0.39 is 0 Å². The number of nitrogens with zero attached hydrogens (tertiary/aromatic N) is 3. The van der Waals surface area contributed by atoms with Crippen molar-refractivity contribution in [3.05, 3.63) is 46.2 Å². The molecular weight excluding hydrogens is 360 g/mol. The van der Waals surface area contributed by atoms with Crippen LogP contribution in [-0.4, -0.2) is 48.7 Å². The Balaban J connectivity index is 1.27. The number of amides is 1. The van der Waals surface area contributed by atoms with Crippen LogP contribution >= 0.6 is 11.3 Å². The van der Waals surface area contributed by atoms with Gasteiger partial charge in [0.2, 0.25) is 5.91 Å². The molecule has 27 heavy (non-hydrogen) atoms. The summed E-state index contributed by atoms with van der Waals surface area (Å²) in [6.07, 6.45) is 1.05. The van der Waals surface area contributed by atoms with Gasteiger partial charge in [-0.2, -0.15) is 0 Å². The van der Waals surface area contributed by atoms with Crippen LogP contribution in [0.25, 0.3) is 11.0 Å². The molecule has 7 heteroatoms. The highest BCUT2D eigenvalue weighted by Crippen LogP contribution is 2.26. The van der Waals surface area contributed by atoms with Gasteiger partial charge in [0.25, 0.3) is 0 Å². The van der Waals surface area contributed by atoms with Crippen LogP contribution in [0.4, 0.5) is 5.82 Å². The van der Waals surface area contributed by atoms with Crippen molar-refractivity contribution in [3.63, 3.8) is 0 Å². The molecule has 1 aromatic carbocycles. The maximum Gasteiger partial charge on any atom is 0.217 e. The molecule has 0 radical (unpaired) electrons. The number of piperazine rings is 1. The van der Waals surface area contributed by atoms with Gasteiger partial charge >= 0.3 is 0 Å². The molecule has 6 nitrogen and oxygen atoms in total. The molecule has 0 atom stereocenters. The van der Waals surface area contributed by atoms with Crippen LogP contribution in [0.3, 0.4) is 0 Å². The molecule has 0 aliphatic carbocycles. The lowest BCUT2D eigenvalue weighted by Crippen LogP contribution is -2.47. The van der Waals surface area contributed by atoms with Gasteiger partial charge in [0.05, 0.1) is 11.9 Å². The van der Waals surface area contributed by atoms with Crippen LogP contribution in [0.15, 0.2) is 40.9 Å². The quantitative estimate of drug-likeness (QED) is 0.708. The van der Waals surface area contributed by atoms with E-state index in [2.05, 4.69) is 38.5 Å². The summed E-state index contributed by atoms with van der Waals surface area (Å²) in [7, 11) is 0. The van der Waals surface area contributed by atoms with Gasteiger partial charge in [0.1, 0.15) is 0 Å². The van der Waals surface area contributed by atoms with E-state index in [1.807, 2.05) is 18.2 Å². The smallest absolute Gasteiger partial charge is 0.217 e. The Hall–Kier alpha value is -2.38. The topological polar surface area (TPSA) is 61.6 Å². The number of benzene rings is 1. The minimum absolute atomic E-state index is 0.0164. The summed E-state index contributed by atoms with van der Waals surface area (Å²) in [6.45, 7) is 7.24. The average molecular weight is 385 g/mol. The third-order valence-electron chi connectivity index (χ3n) is 4.93. The van der Waals surface area contributed by atoms with Gasteiger partial charge in [0.15, 0.2) is 11.4 Å². The van der Waals surface area contributed by atoms with Crippen molar-refractivity contribution in [2.75, 3.05) is 37.6 Å². The maximum absolute atomic E-state index is 11.0. The van der Waals surface area contributed by atoms with Gasteiger partial charge in [-0.3, -0.25) is 9.69 Å². The minimum Gasteiger partial charge on any atom is -0.354 e. The first-order valence-electron chi connectivity index (χ1n) is 9.33. The molecule has 142 valence electrons. The zero-order chi connectivity index (χ0) is 18.6. The van der Waals surface area contributed by atoms with E-state index in [9.17, 15) is 4.79 Å². The van der Waals surface area contributed by atoms with E-state index in [0.717, 1.165) is 55.9 Å². The standard InChI is InChI=1S/C20H24N4O2S/c1-15(25)21-14-17-7-6-16(27-17)8-9-23-10-12-24(13-11-23)20-18-4-2-3-5-19(18)26-22-20/h2-7H,8-14H2,1H3,(H,21,25). The second-order valence-electron chi connectivity index (χ2n) is 6.86. The van der Waals surface area contributed by atoms with Crippen molar-refractivity contribution in [1.29, 1.82) is 0 Å². The Morgan fingerprint density at radius 1 is 1.15 bits per heavy atom. The molecule has 1 saturated heterocycles. The minimum atomic E-state index is 0.0164. The molecule has 0 spiro atoms. The molecule has 1 amide bonds. The van der Waals surface area contributed by atoms with Gasteiger partial charge in [-0.05, 0) is 30.7 Å². The molecule has 1 N–H and O–H groups in total. The van der Waals surface area contributed by atoms with Gasteiger partial charge < -0.3 is 14.7 Å². The Labute approximate surface area is 162 Å². The van der Waals surface area contributed by atoms with Crippen LogP contribution in [0.5, 0.6) is 0 Å². The van der Waals surface area contributed by atoms with Gasteiger partial charge in [-0.15, -0.1) is 11.3 Å². The van der Waals surface area contributed by atoms with Crippen molar-refractivity contribution >= 4 is 34.0 Å². The van der Waals surface area contributed by atoms with E-state index >= 15 is 0 Å². The normalized spacial score (nSPS) is 15.4. The number of hydrogen-bond donors (Lipinski definition) is 1. The predicted molar refractivity (Wildman–Crippen MR) is 108 cm³/mol. The van der Waals surface area contributed by atoms with Gasteiger partial charge in [0, 0.05) is 49.4 Å². The summed E-state index contributed by atoms with van der Waals surface area (Å²) in [5, 5.41) is 8.22. The van der Waals surface area contributed by atoms with Crippen LogP contribution < -0.4 is 10.2 Å². The van der Waals surface area contributed by atoms with E-state index in [1.54, 1.807) is 18.3 Å². The first-order valence-corrected chi connectivity index (χ1v) is 10.1. The summed E-state index contributed by atoms with van der Waals surface area (Å²) < 4.78 is 5.44. The lowest BCUT2D eigenvalue weighted by molar-refractivity contribution is -0.119. The molecule has 1 aliphatic rings. The first-order chi connectivity index (χ1) is 13.2.